The van der Waals surface area contributed by atoms with Crippen molar-refractivity contribution in [2.45, 2.75) is 18.3 Å². The summed E-state index contributed by atoms with van der Waals surface area (Å²) in [6.07, 6.45) is 5.44. The number of furan rings is 1. The van der Waals surface area contributed by atoms with Crippen molar-refractivity contribution < 1.29 is 9.21 Å². The van der Waals surface area contributed by atoms with Crippen LogP contribution in [0.2, 0.25) is 0 Å². The zero-order chi connectivity index (χ0) is 14.7. The van der Waals surface area contributed by atoms with Crippen molar-refractivity contribution in [2.24, 2.45) is 0 Å². The van der Waals surface area contributed by atoms with Gasteiger partial charge < -0.3 is 9.73 Å². The maximum absolute atomic E-state index is 11.9. The zero-order valence-corrected chi connectivity index (χ0v) is 13.1. The number of nitrogens with one attached hydrogen (secondary N) is 1. The van der Waals surface area contributed by atoms with Gasteiger partial charge in [-0.15, -0.1) is 0 Å². The third-order valence-electron chi connectivity index (χ3n) is 3.83. The maximum atomic E-state index is 11.9. The highest BCUT2D eigenvalue weighted by Gasteiger charge is 2.43. The van der Waals surface area contributed by atoms with Crippen molar-refractivity contribution in [1.29, 1.82) is 0 Å². The molecule has 2 aromatic rings. The van der Waals surface area contributed by atoms with E-state index in [4.69, 9.17) is 4.42 Å². The molecule has 3 nitrogen and oxygen atoms in total. The lowest BCUT2D eigenvalue weighted by molar-refractivity contribution is -0.116. The van der Waals surface area contributed by atoms with Crippen molar-refractivity contribution in [3.8, 4) is 0 Å². The Bertz CT molecular complexity index is 656. The molecule has 0 bridgehead atoms. The molecule has 3 rings (SSSR count). The van der Waals surface area contributed by atoms with Crippen LogP contribution in [0.1, 0.15) is 24.2 Å². The molecule has 1 saturated carbocycles. The van der Waals surface area contributed by atoms with Gasteiger partial charge in [-0.3, -0.25) is 4.79 Å². The second-order valence-electron chi connectivity index (χ2n) is 5.34. The zero-order valence-electron chi connectivity index (χ0n) is 11.5. The van der Waals surface area contributed by atoms with Gasteiger partial charge in [0.2, 0.25) is 5.91 Å². The number of carbonyl (C=O) groups excluding carboxylic acids is 1. The van der Waals surface area contributed by atoms with Gasteiger partial charge >= 0.3 is 0 Å². The number of hydrogen-bond donors (Lipinski definition) is 1. The molecule has 1 aromatic carbocycles. The summed E-state index contributed by atoms with van der Waals surface area (Å²) in [7, 11) is 0. The SMILES string of the molecule is O=C(/C=C/c1ccc(Br)o1)NCC1(c2ccccc2)CC1. The summed E-state index contributed by atoms with van der Waals surface area (Å²) in [5.74, 6) is 0.561. The Labute approximate surface area is 132 Å². The first kappa shape index (κ1) is 14.1. The molecule has 0 aliphatic heterocycles. The van der Waals surface area contributed by atoms with E-state index >= 15 is 0 Å². The Kier molecular flexibility index (Phi) is 3.97. The topological polar surface area (TPSA) is 42.2 Å². The second-order valence-corrected chi connectivity index (χ2v) is 6.12. The lowest BCUT2D eigenvalue weighted by atomic mass is 9.96. The van der Waals surface area contributed by atoms with E-state index < -0.39 is 0 Å². The first-order valence-electron chi connectivity index (χ1n) is 6.95. The lowest BCUT2D eigenvalue weighted by Crippen LogP contribution is -2.30. The molecular formula is C17H16BrNO2. The summed E-state index contributed by atoms with van der Waals surface area (Å²) in [4.78, 5) is 11.9. The minimum atomic E-state index is -0.0928. The minimum Gasteiger partial charge on any atom is -0.450 e. The first-order chi connectivity index (χ1) is 10.2. The summed E-state index contributed by atoms with van der Waals surface area (Å²) in [6, 6.07) is 14.0. The molecular weight excluding hydrogens is 330 g/mol. The molecule has 1 aromatic heterocycles. The van der Waals surface area contributed by atoms with Gasteiger partial charge in [-0.2, -0.15) is 0 Å². The number of halogens is 1. The molecule has 21 heavy (non-hydrogen) atoms. The molecule has 0 atom stereocenters. The van der Waals surface area contributed by atoms with E-state index in [1.807, 2.05) is 18.2 Å². The smallest absolute Gasteiger partial charge is 0.244 e. The van der Waals surface area contributed by atoms with Crippen LogP contribution >= 0.6 is 15.9 Å². The molecule has 0 saturated heterocycles. The highest BCUT2D eigenvalue weighted by molar-refractivity contribution is 9.10. The van der Waals surface area contributed by atoms with E-state index in [2.05, 4.69) is 33.4 Å². The van der Waals surface area contributed by atoms with Crippen LogP contribution in [0.5, 0.6) is 0 Å². The molecule has 1 N–H and O–H groups in total. The van der Waals surface area contributed by atoms with Crippen LogP contribution in [0.4, 0.5) is 0 Å². The van der Waals surface area contributed by atoms with Crippen LogP contribution in [-0.4, -0.2) is 12.5 Å². The van der Waals surface area contributed by atoms with Gasteiger partial charge in [0.1, 0.15) is 5.76 Å². The monoisotopic (exact) mass is 345 g/mol. The quantitative estimate of drug-likeness (QED) is 0.835. The molecule has 1 fully saturated rings. The van der Waals surface area contributed by atoms with Crippen molar-refractivity contribution in [3.05, 3.63) is 64.5 Å². The summed E-state index contributed by atoms with van der Waals surface area (Å²) in [5.41, 5.74) is 1.45. The first-order valence-corrected chi connectivity index (χ1v) is 7.74. The van der Waals surface area contributed by atoms with Gasteiger partial charge in [0.15, 0.2) is 4.67 Å². The molecule has 1 heterocycles. The fourth-order valence-electron chi connectivity index (χ4n) is 2.40. The fourth-order valence-corrected chi connectivity index (χ4v) is 2.72. The Morgan fingerprint density at radius 3 is 2.62 bits per heavy atom. The highest BCUT2D eigenvalue weighted by Crippen LogP contribution is 2.47. The predicted molar refractivity (Wildman–Crippen MR) is 85.8 cm³/mol. The minimum absolute atomic E-state index is 0.0928. The van der Waals surface area contributed by atoms with E-state index in [-0.39, 0.29) is 11.3 Å². The number of amides is 1. The lowest BCUT2D eigenvalue weighted by Gasteiger charge is -2.15. The number of hydrogen-bond acceptors (Lipinski definition) is 2. The molecule has 0 radical (unpaired) electrons. The van der Waals surface area contributed by atoms with Crippen LogP contribution in [0.15, 0.2) is 57.6 Å². The van der Waals surface area contributed by atoms with E-state index in [0.29, 0.717) is 17.0 Å². The molecule has 1 amide bonds. The molecule has 0 spiro atoms. The Morgan fingerprint density at radius 1 is 1.24 bits per heavy atom. The molecule has 4 heteroatoms. The van der Waals surface area contributed by atoms with Gasteiger partial charge in [0.05, 0.1) is 0 Å². The van der Waals surface area contributed by atoms with E-state index in [9.17, 15) is 4.79 Å². The van der Waals surface area contributed by atoms with Gasteiger partial charge in [-0.1, -0.05) is 30.3 Å². The Hall–Kier alpha value is -1.81. The Balaban J connectivity index is 1.56. The number of benzene rings is 1. The fraction of sp³-hybridized carbons (Fsp3) is 0.235. The predicted octanol–water partition coefficient (Wildman–Crippen LogP) is 3.90. The van der Waals surface area contributed by atoms with E-state index in [1.54, 1.807) is 18.2 Å². The third kappa shape index (κ3) is 3.45. The van der Waals surface area contributed by atoms with Gasteiger partial charge in [-0.05, 0) is 52.5 Å². The molecule has 1 aliphatic rings. The normalized spacial score (nSPS) is 16.0. The van der Waals surface area contributed by atoms with Gasteiger partial charge in [-0.25, -0.2) is 0 Å². The van der Waals surface area contributed by atoms with Crippen LogP contribution in [0.25, 0.3) is 6.08 Å². The van der Waals surface area contributed by atoms with Crippen molar-refractivity contribution in [1.82, 2.24) is 5.32 Å². The van der Waals surface area contributed by atoms with Crippen molar-refractivity contribution >= 4 is 27.9 Å². The van der Waals surface area contributed by atoms with Gasteiger partial charge in [0.25, 0.3) is 0 Å². The average molecular weight is 346 g/mol. The standard InChI is InChI=1S/C17H16BrNO2/c18-15-8-6-14(21-15)7-9-16(20)19-12-17(10-11-17)13-4-2-1-3-5-13/h1-9H,10-12H2,(H,19,20)/b9-7+. The molecule has 0 unspecified atom stereocenters. The summed E-state index contributed by atoms with van der Waals surface area (Å²) in [5, 5.41) is 2.98. The van der Waals surface area contributed by atoms with Crippen LogP contribution < -0.4 is 5.32 Å². The average Bonchev–Trinajstić information content (AvgIpc) is 3.20. The summed E-state index contributed by atoms with van der Waals surface area (Å²) < 4.78 is 5.97. The van der Waals surface area contributed by atoms with E-state index in [1.165, 1.54) is 11.6 Å². The molecule has 108 valence electrons. The van der Waals surface area contributed by atoms with Crippen molar-refractivity contribution in [3.63, 3.8) is 0 Å². The third-order valence-corrected chi connectivity index (χ3v) is 4.26. The largest absolute Gasteiger partial charge is 0.450 e. The number of rotatable bonds is 5. The van der Waals surface area contributed by atoms with Crippen LogP contribution in [0.3, 0.4) is 0 Å². The number of carbonyl (C=O) groups is 1. The maximum Gasteiger partial charge on any atom is 0.244 e. The van der Waals surface area contributed by atoms with Crippen LogP contribution in [-0.2, 0) is 10.2 Å². The van der Waals surface area contributed by atoms with Gasteiger partial charge in [0, 0.05) is 18.0 Å². The summed E-state index contributed by atoms with van der Waals surface area (Å²) >= 11 is 3.23. The summed E-state index contributed by atoms with van der Waals surface area (Å²) in [6.45, 7) is 0.683. The van der Waals surface area contributed by atoms with E-state index in [0.717, 1.165) is 12.8 Å². The Morgan fingerprint density at radius 2 is 2.00 bits per heavy atom. The van der Waals surface area contributed by atoms with Crippen LogP contribution in [0, 0.1) is 0 Å². The highest BCUT2D eigenvalue weighted by atomic mass is 79.9. The second kappa shape index (κ2) is 5.90. The van der Waals surface area contributed by atoms with Crippen molar-refractivity contribution in [2.75, 3.05) is 6.54 Å². The molecule has 1 aliphatic carbocycles.